The van der Waals surface area contributed by atoms with Gasteiger partial charge in [0.1, 0.15) is 6.04 Å². The molecule has 2 amide bonds. The second-order valence-corrected chi connectivity index (χ2v) is 6.02. The summed E-state index contributed by atoms with van der Waals surface area (Å²) in [6.07, 6.45) is 0. The van der Waals surface area contributed by atoms with Crippen LogP contribution in [0.3, 0.4) is 0 Å². The van der Waals surface area contributed by atoms with Crippen LogP contribution in [-0.2, 0) is 16.1 Å². The van der Waals surface area contributed by atoms with Gasteiger partial charge in [-0.05, 0) is 31.5 Å². The summed E-state index contributed by atoms with van der Waals surface area (Å²) < 4.78 is 10.9. The van der Waals surface area contributed by atoms with Gasteiger partial charge in [-0.1, -0.05) is 42.5 Å². The van der Waals surface area contributed by atoms with Crippen LogP contribution in [0.1, 0.15) is 19.4 Å². The summed E-state index contributed by atoms with van der Waals surface area (Å²) in [4.78, 5) is 26.7. The lowest BCUT2D eigenvalue weighted by Gasteiger charge is -2.28. The Kier molecular flexibility index (Phi) is 7.67. The fraction of sp³-hybridized carbons (Fsp3) is 0.333. The number of amides is 2. The quantitative estimate of drug-likeness (QED) is 0.737. The number of carbonyl (C=O) groups is 2. The molecule has 0 aliphatic rings. The number of ether oxygens (including phenoxy) is 2. The second kappa shape index (κ2) is 10.2. The molecule has 27 heavy (non-hydrogen) atoms. The van der Waals surface area contributed by atoms with E-state index in [-0.39, 0.29) is 18.4 Å². The van der Waals surface area contributed by atoms with Crippen molar-refractivity contribution >= 4 is 11.8 Å². The molecule has 0 aliphatic carbocycles. The van der Waals surface area contributed by atoms with E-state index in [1.807, 2.05) is 43.3 Å². The van der Waals surface area contributed by atoms with Gasteiger partial charge in [-0.2, -0.15) is 0 Å². The van der Waals surface area contributed by atoms with Crippen LogP contribution in [0.15, 0.2) is 54.6 Å². The van der Waals surface area contributed by atoms with Gasteiger partial charge in [-0.25, -0.2) is 0 Å². The lowest BCUT2D eigenvalue weighted by Crippen LogP contribution is -2.49. The molecular weight excluding hydrogens is 344 g/mol. The number of para-hydroxylation sites is 2. The first-order valence-electron chi connectivity index (χ1n) is 8.93. The summed E-state index contributed by atoms with van der Waals surface area (Å²) in [5, 5.41) is 2.76. The molecule has 2 rings (SSSR count). The van der Waals surface area contributed by atoms with E-state index in [4.69, 9.17) is 9.47 Å². The van der Waals surface area contributed by atoms with Gasteiger partial charge in [-0.3, -0.25) is 9.59 Å². The molecule has 1 atom stereocenters. The van der Waals surface area contributed by atoms with Crippen molar-refractivity contribution in [3.05, 3.63) is 60.2 Å². The smallest absolute Gasteiger partial charge is 0.261 e. The van der Waals surface area contributed by atoms with Crippen LogP contribution < -0.4 is 14.8 Å². The summed E-state index contributed by atoms with van der Waals surface area (Å²) in [5.41, 5.74) is 0.944. The SMILES string of the molecule is CCNC(=O)[C@H](C)N(Cc1ccccc1)C(=O)COc1ccccc1OC. The van der Waals surface area contributed by atoms with E-state index < -0.39 is 6.04 Å². The van der Waals surface area contributed by atoms with Crippen LogP contribution in [-0.4, -0.2) is 43.0 Å². The van der Waals surface area contributed by atoms with Gasteiger partial charge >= 0.3 is 0 Å². The van der Waals surface area contributed by atoms with Crippen molar-refractivity contribution in [2.24, 2.45) is 0 Å². The normalized spacial score (nSPS) is 11.4. The number of rotatable bonds is 9. The Balaban J connectivity index is 2.13. The highest BCUT2D eigenvalue weighted by atomic mass is 16.5. The maximum Gasteiger partial charge on any atom is 0.261 e. The van der Waals surface area contributed by atoms with Crippen LogP contribution in [0.4, 0.5) is 0 Å². The molecule has 2 aromatic carbocycles. The van der Waals surface area contributed by atoms with Crippen molar-refractivity contribution in [2.75, 3.05) is 20.3 Å². The van der Waals surface area contributed by atoms with E-state index in [1.165, 1.54) is 4.90 Å². The minimum atomic E-state index is -0.612. The first-order valence-corrected chi connectivity index (χ1v) is 8.93. The van der Waals surface area contributed by atoms with Crippen molar-refractivity contribution < 1.29 is 19.1 Å². The molecule has 0 aliphatic heterocycles. The van der Waals surface area contributed by atoms with E-state index in [0.29, 0.717) is 24.6 Å². The summed E-state index contributed by atoms with van der Waals surface area (Å²) in [6.45, 7) is 4.21. The summed E-state index contributed by atoms with van der Waals surface area (Å²) in [6, 6.07) is 16.1. The molecule has 0 bridgehead atoms. The Bertz CT molecular complexity index is 749. The highest BCUT2D eigenvalue weighted by molar-refractivity contribution is 5.87. The number of nitrogens with zero attached hydrogens (tertiary/aromatic N) is 1. The zero-order valence-electron chi connectivity index (χ0n) is 16.0. The third kappa shape index (κ3) is 5.74. The first kappa shape index (κ1) is 20.3. The molecule has 0 aromatic heterocycles. The van der Waals surface area contributed by atoms with Crippen LogP contribution in [0, 0.1) is 0 Å². The molecule has 6 nitrogen and oxygen atoms in total. The Hall–Kier alpha value is -3.02. The standard InChI is InChI=1S/C21H26N2O4/c1-4-22-21(25)16(2)23(14-17-10-6-5-7-11-17)20(24)15-27-19-13-9-8-12-18(19)26-3/h5-13,16H,4,14-15H2,1-3H3,(H,22,25)/t16-/m0/s1. The highest BCUT2D eigenvalue weighted by Gasteiger charge is 2.26. The Labute approximate surface area is 160 Å². The maximum atomic E-state index is 12.9. The molecule has 6 heteroatoms. The Morgan fingerprint density at radius 2 is 1.67 bits per heavy atom. The van der Waals surface area contributed by atoms with Crippen molar-refractivity contribution in [3.63, 3.8) is 0 Å². The first-order chi connectivity index (χ1) is 13.1. The fourth-order valence-corrected chi connectivity index (χ4v) is 2.65. The van der Waals surface area contributed by atoms with Gasteiger partial charge in [0, 0.05) is 13.1 Å². The molecule has 2 aromatic rings. The zero-order valence-corrected chi connectivity index (χ0v) is 16.0. The molecule has 144 valence electrons. The van der Waals surface area contributed by atoms with Crippen LogP contribution >= 0.6 is 0 Å². The monoisotopic (exact) mass is 370 g/mol. The summed E-state index contributed by atoms with van der Waals surface area (Å²) >= 11 is 0. The van der Waals surface area contributed by atoms with Crippen molar-refractivity contribution in [2.45, 2.75) is 26.4 Å². The average Bonchev–Trinajstić information content (AvgIpc) is 2.70. The Morgan fingerprint density at radius 1 is 1.04 bits per heavy atom. The number of benzene rings is 2. The number of nitrogens with one attached hydrogen (secondary N) is 1. The van der Waals surface area contributed by atoms with E-state index in [0.717, 1.165) is 5.56 Å². The van der Waals surface area contributed by atoms with Gasteiger partial charge in [-0.15, -0.1) is 0 Å². The molecule has 0 fully saturated rings. The van der Waals surface area contributed by atoms with Crippen molar-refractivity contribution in [1.82, 2.24) is 10.2 Å². The molecule has 0 saturated heterocycles. The number of hydrogen-bond donors (Lipinski definition) is 1. The molecule has 0 spiro atoms. The van der Waals surface area contributed by atoms with Crippen LogP contribution in [0.5, 0.6) is 11.5 Å². The third-order valence-corrected chi connectivity index (χ3v) is 4.13. The Morgan fingerprint density at radius 3 is 2.30 bits per heavy atom. The largest absolute Gasteiger partial charge is 0.493 e. The second-order valence-electron chi connectivity index (χ2n) is 6.02. The van der Waals surface area contributed by atoms with E-state index in [1.54, 1.807) is 32.2 Å². The van der Waals surface area contributed by atoms with Crippen LogP contribution in [0.2, 0.25) is 0 Å². The number of likely N-dealkylation sites (N-methyl/N-ethyl adjacent to an activating group) is 1. The van der Waals surface area contributed by atoms with Gasteiger partial charge in [0.25, 0.3) is 5.91 Å². The minimum absolute atomic E-state index is 0.184. The number of hydrogen-bond acceptors (Lipinski definition) is 4. The van der Waals surface area contributed by atoms with Crippen molar-refractivity contribution in [1.29, 1.82) is 0 Å². The maximum absolute atomic E-state index is 12.9. The summed E-state index contributed by atoms with van der Waals surface area (Å²) in [5.74, 6) is 0.568. The van der Waals surface area contributed by atoms with Gasteiger partial charge in [0.2, 0.25) is 5.91 Å². The predicted octanol–water partition coefficient (Wildman–Crippen LogP) is 2.63. The lowest BCUT2D eigenvalue weighted by atomic mass is 10.1. The van der Waals surface area contributed by atoms with E-state index in [9.17, 15) is 9.59 Å². The zero-order chi connectivity index (χ0) is 19.6. The molecule has 0 radical (unpaired) electrons. The number of methoxy groups -OCH3 is 1. The minimum Gasteiger partial charge on any atom is -0.493 e. The third-order valence-electron chi connectivity index (χ3n) is 4.13. The topological polar surface area (TPSA) is 67.9 Å². The molecule has 1 N–H and O–H groups in total. The average molecular weight is 370 g/mol. The van der Waals surface area contributed by atoms with Crippen LogP contribution in [0.25, 0.3) is 0 Å². The molecule has 0 heterocycles. The molecule has 0 unspecified atom stereocenters. The predicted molar refractivity (Wildman–Crippen MR) is 104 cm³/mol. The number of carbonyl (C=O) groups excluding carboxylic acids is 2. The van der Waals surface area contributed by atoms with Gasteiger partial charge in [0.15, 0.2) is 18.1 Å². The van der Waals surface area contributed by atoms with E-state index >= 15 is 0 Å². The highest BCUT2D eigenvalue weighted by Crippen LogP contribution is 2.25. The fourth-order valence-electron chi connectivity index (χ4n) is 2.65. The summed E-state index contributed by atoms with van der Waals surface area (Å²) in [7, 11) is 1.54. The van der Waals surface area contributed by atoms with E-state index in [2.05, 4.69) is 5.32 Å². The van der Waals surface area contributed by atoms with Gasteiger partial charge < -0.3 is 19.7 Å². The molecular formula is C21H26N2O4. The van der Waals surface area contributed by atoms with Crippen molar-refractivity contribution in [3.8, 4) is 11.5 Å². The lowest BCUT2D eigenvalue weighted by molar-refractivity contribution is -0.142. The van der Waals surface area contributed by atoms with Gasteiger partial charge in [0.05, 0.1) is 7.11 Å². The molecule has 0 saturated carbocycles.